The summed E-state index contributed by atoms with van der Waals surface area (Å²) in [5.41, 5.74) is 7.79. The van der Waals surface area contributed by atoms with Gasteiger partial charge in [0.1, 0.15) is 0 Å². The van der Waals surface area contributed by atoms with Gasteiger partial charge in [0, 0.05) is 47.5 Å². The fourth-order valence-electron chi connectivity index (χ4n) is 5.40. The van der Waals surface area contributed by atoms with Crippen LogP contribution in [0.4, 0.5) is 5.69 Å². The Morgan fingerprint density at radius 1 is 0.974 bits per heavy atom. The van der Waals surface area contributed by atoms with Gasteiger partial charge in [-0.25, -0.2) is 8.42 Å². The molecule has 1 aromatic heterocycles. The molecule has 0 amide bonds. The average Bonchev–Trinajstić information content (AvgIpc) is 3.23. The SMILES string of the molecule is CCc1ccc(NC[C@@H](O)Cn2c(C)c(C3=CCN(S(=O)(=O)c4ccc(C)cc4)CC3)c3ccccc32)cc1. The molecular formula is C32H37N3O3S. The van der Waals surface area contributed by atoms with Crippen LogP contribution in [0.3, 0.4) is 0 Å². The lowest BCUT2D eigenvalue weighted by molar-refractivity contribution is 0.167. The van der Waals surface area contributed by atoms with Crippen molar-refractivity contribution in [3.05, 3.63) is 101 Å². The Morgan fingerprint density at radius 2 is 1.69 bits per heavy atom. The third kappa shape index (κ3) is 5.66. The molecule has 0 spiro atoms. The molecule has 204 valence electrons. The van der Waals surface area contributed by atoms with Gasteiger partial charge in [0.25, 0.3) is 0 Å². The average molecular weight is 544 g/mol. The fraction of sp³-hybridized carbons (Fsp3) is 0.312. The van der Waals surface area contributed by atoms with E-state index in [0.29, 0.717) is 37.5 Å². The number of benzene rings is 3. The van der Waals surface area contributed by atoms with Crippen molar-refractivity contribution in [1.29, 1.82) is 0 Å². The van der Waals surface area contributed by atoms with Gasteiger partial charge in [-0.3, -0.25) is 0 Å². The van der Waals surface area contributed by atoms with E-state index in [-0.39, 0.29) is 0 Å². The monoisotopic (exact) mass is 543 g/mol. The third-order valence-electron chi connectivity index (χ3n) is 7.68. The van der Waals surface area contributed by atoms with Gasteiger partial charge in [0.15, 0.2) is 0 Å². The van der Waals surface area contributed by atoms with E-state index in [0.717, 1.165) is 45.4 Å². The summed E-state index contributed by atoms with van der Waals surface area (Å²) < 4.78 is 30.1. The van der Waals surface area contributed by atoms with Crippen LogP contribution in [0, 0.1) is 13.8 Å². The van der Waals surface area contributed by atoms with Crippen molar-refractivity contribution in [2.45, 2.75) is 51.2 Å². The predicted molar refractivity (Wildman–Crippen MR) is 160 cm³/mol. The molecule has 0 unspecified atom stereocenters. The standard InChI is InChI=1S/C32H37N3O3S/c1-4-25-11-13-27(14-12-25)33-21-28(36)22-35-24(3)32(30-7-5-6-8-31(30)35)26-17-19-34(20-18-26)39(37,38)29-15-9-23(2)10-16-29/h5-17,28,33,36H,4,18-22H2,1-3H3/t28-/m1/s1. The molecule has 1 atom stereocenters. The second-order valence-corrected chi connectivity index (χ2v) is 12.3. The minimum absolute atomic E-state index is 0.335. The van der Waals surface area contributed by atoms with E-state index >= 15 is 0 Å². The Balaban J connectivity index is 1.35. The first-order chi connectivity index (χ1) is 18.8. The summed E-state index contributed by atoms with van der Waals surface area (Å²) in [5.74, 6) is 0. The van der Waals surface area contributed by atoms with Gasteiger partial charge in [-0.1, -0.05) is 61.0 Å². The maximum atomic E-state index is 13.2. The number of fused-ring (bicyclic) bond motifs is 1. The summed E-state index contributed by atoms with van der Waals surface area (Å²) in [6.45, 7) is 7.87. The van der Waals surface area contributed by atoms with Crippen molar-refractivity contribution >= 4 is 32.2 Å². The first-order valence-electron chi connectivity index (χ1n) is 13.6. The number of rotatable bonds is 9. The number of hydrogen-bond acceptors (Lipinski definition) is 4. The number of hydrogen-bond donors (Lipinski definition) is 2. The van der Waals surface area contributed by atoms with E-state index in [1.165, 1.54) is 5.56 Å². The lowest BCUT2D eigenvalue weighted by atomic mass is 9.97. The van der Waals surface area contributed by atoms with Crippen LogP contribution in [-0.2, 0) is 23.0 Å². The summed E-state index contributed by atoms with van der Waals surface area (Å²) in [7, 11) is -3.54. The van der Waals surface area contributed by atoms with Crippen LogP contribution in [0.15, 0.2) is 83.8 Å². The largest absolute Gasteiger partial charge is 0.389 e. The number of nitrogens with zero attached hydrogens (tertiary/aromatic N) is 2. The molecule has 0 radical (unpaired) electrons. The van der Waals surface area contributed by atoms with Crippen molar-refractivity contribution in [3.63, 3.8) is 0 Å². The lowest BCUT2D eigenvalue weighted by Crippen LogP contribution is -2.34. The highest BCUT2D eigenvalue weighted by Crippen LogP contribution is 2.35. The first kappa shape index (κ1) is 27.2. The molecule has 3 aromatic carbocycles. The topological polar surface area (TPSA) is 74.6 Å². The minimum atomic E-state index is -3.54. The minimum Gasteiger partial charge on any atom is -0.389 e. The number of sulfonamides is 1. The van der Waals surface area contributed by atoms with E-state index in [4.69, 9.17) is 0 Å². The normalized spacial score (nSPS) is 15.3. The molecule has 6 nitrogen and oxygen atoms in total. The van der Waals surface area contributed by atoms with E-state index in [9.17, 15) is 13.5 Å². The third-order valence-corrected chi connectivity index (χ3v) is 9.56. The Bertz CT molecular complexity index is 1590. The predicted octanol–water partition coefficient (Wildman–Crippen LogP) is 5.77. The number of para-hydroxylation sites is 1. The molecule has 0 saturated carbocycles. The fourth-order valence-corrected chi connectivity index (χ4v) is 6.78. The molecule has 39 heavy (non-hydrogen) atoms. The van der Waals surface area contributed by atoms with Crippen molar-refractivity contribution in [2.75, 3.05) is 25.0 Å². The Morgan fingerprint density at radius 3 is 2.36 bits per heavy atom. The van der Waals surface area contributed by atoms with E-state index in [2.05, 4.69) is 60.1 Å². The number of aromatic nitrogens is 1. The summed E-state index contributed by atoms with van der Waals surface area (Å²) in [6, 6.07) is 23.6. The Hall–Kier alpha value is -3.39. The van der Waals surface area contributed by atoms with Crippen LogP contribution >= 0.6 is 0 Å². The maximum Gasteiger partial charge on any atom is 0.243 e. The molecule has 4 aromatic rings. The molecule has 0 saturated heterocycles. The molecule has 7 heteroatoms. The summed E-state index contributed by atoms with van der Waals surface area (Å²) in [5, 5.41) is 15.4. The van der Waals surface area contributed by atoms with Gasteiger partial charge in [-0.05, 0) is 68.2 Å². The van der Waals surface area contributed by atoms with Crippen molar-refractivity contribution < 1.29 is 13.5 Å². The molecule has 2 N–H and O–H groups in total. The summed E-state index contributed by atoms with van der Waals surface area (Å²) in [4.78, 5) is 0.335. The van der Waals surface area contributed by atoms with Gasteiger partial charge in [-0.15, -0.1) is 0 Å². The molecule has 0 fully saturated rings. The number of nitrogens with one attached hydrogen (secondary N) is 1. The van der Waals surface area contributed by atoms with Crippen LogP contribution in [0.2, 0.25) is 0 Å². The first-order valence-corrected chi connectivity index (χ1v) is 15.1. The summed E-state index contributed by atoms with van der Waals surface area (Å²) in [6.07, 6.45) is 3.11. The van der Waals surface area contributed by atoms with Gasteiger partial charge in [0.2, 0.25) is 10.0 Å². The molecular weight excluding hydrogens is 506 g/mol. The van der Waals surface area contributed by atoms with Crippen LogP contribution in [0.25, 0.3) is 16.5 Å². The van der Waals surface area contributed by atoms with Gasteiger partial charge >= 0.3 is 0 Å². The van der Waals surface area contributed by atoms with Crippen molar-refractivity contribution in [2.24, 2.45) is 0 Å². The molecule has 1 aliphatic rings. The van der Waals surface area contributed by atoms with Crippen LogP contribution in [-0.4, -0.2) is 48.1 Å². The van der Waals surface area contributed by atoms with Crippen molar-refractivity contribution in [3.8, 4) is 0 Å². The quantitative estimate of drug-likeness (QED) is 0.281. The number of aliphatic hydroxyl groups excluding tert-OH is 1. The molecule has 0 bridgehead atoms. The molecule has 5 rings (SSSR count). The van der Waals surface area contributed by atoms with Gasteiger partial charge in [-0.2, -0.15) is 4.31 Å². The summed E-state index contributed by atoms with van der Waals surface area (Å²) >= 11 is 0. The van der Waals surface area contributed by atoms with Gasteiger partial charge < -0.3 is 15.0 Å². The van der Waals surface area contributed by atoms with E-state index < -0.39 is 16.1 Å². The maximum absolute atomic E-state index is 13.2. The zero-order valence-corrected chi connectivity index (χ0v) is 23.7. The van der Waals surface area contributed by atoms with Crippen LogP contribution in [0.5, 0.6) is 0 Å². The lowest BCUT2D eigenvalue weighted by Gasteiger charge is -2.26. The molecule has 1 aliphatic heterocycles. The Labute approximate surface area is 231 Å². The van der Waals surface area contributed by atoms with Gasteiger partial charge in [0.05, 0.1) is 17.5 Å². The highest BCUT2D eigenvalue weighted by molar-refractivity contribution is 7.89. The highest BCUT2D eigenvalue weighted by Gasteiger charge is 2.28. The second-order valence-electron chi connectivity index (χ2n) is 10.3. The second kappa shape index (κ2) is 11.4. The smallest absolute Gasteiger partial charge is 0.243 e. The zero-order chi connectivity index (χ0) is 27.6. The zero-order valence-electron chi connectivity index (χ0n) is 22.9. The van der Waals surface area contributed by atoms with Crippen LogP contribution in [0.1, 0.15) is 35.7 Å². The number of aliphatic hydroxyl groups is 1. The number of aryl methyl sites for hydroxylation is 2. The van der Waals surface area contributed by atoms with Crippen molar-refractivity contribution in [1.82, 2.24) is 8.87 Å². The number of anilines is 1. The van der Waals surface area contributed by atoms with E-state index in [1.807, 2.05) is 37.3 Å². The molecule has 2 heterocycles. The van der Waals surface area contributed by atoms with E-state index in [1.54, 1.807) is 16.4 Å². The highest BCUT2D eigenvalue weighted by atomic mass is 32.2. The van der Waals surface area contributed by atoms with Crippen LogP contribution < -0.4 is 5.32 Å². The Kier molecular flexibility index (Phi) is 7.93. The molecule has 0 aliphatic carbocycles.